The molecule has 1 heterocycles. The van der Waals surface area contributed by atoms with Crippen molar-refractivity contribution in [2.45, 2.75) is 19.4 Å². The molecule has 0 radical (unpaired) electrons. The Hall–Kier alpha value is -1.86. The molecule has 0 aromatic heterocycles. The topological polar surface area (TPSA) is 70.1 Å². The Kier molecular flexibility index (Phi) is 3.96. The Morgan fingerprint density at radius 1 is 1.33 bits per heavy atom. The van der Waals surface area contributed by atoms with E-state index in [0.29, 0.717) is 25.2 Å². The molecular formula is C14H17N3O. The van der Waals surface area contributed by atoms with E-state index in [1.165, 1.54) is 0 Å². The third-order valence-corrected chi connectivity index (χ3v) is 3.40. The molecular weight excluding hydrogens is 226 g/mol. The predicted octanol–water partition coefficient (Wildman–Crippen LogP) is 1.52. The molecule has 94 valence electrons. The maximum absolute atomic E-state index is 12.2. The molecule has 1 aliphatic heterocycles. The summed E-state index contributed by atoms with van der Waals surface area (Å²) in [6, 6.07) is 9.68. The van der Waals surface area contributed by atoms with E-state index in [-0.39, 0.29) is 11.8 Å². The van der Waals surface area contributed by atoms with E-state index >= 15 is 0 Å². The third-order valence-electron chi connectivity index (χ3n) is 3.40. The number of benzene rings is 1. The van der Waals surface area contributed by atoms with Crippen molar-refractivity contribution in [1.82, 2.24) is 4.90 Å². The minimum Gasteiger partial charge on any atom is -0.339 e. The summed E-state index contributed by atoms with van der Waals surface area (Å²) in [5.41, 5.74) is 7.24. The van der Waals surface area contributed by atoms with E-state index in [9.17, 15) is 4.79 Å². The van der Waals surface area contributed by atoms with Gasteiger partial charge in [-0.25, -0.2) is 0 Å². The second-order valence-corrected chi connectivity index (χ2v) is 4.60. The number of nitriles is 1. The molecule has 18 heavy (non-hydrogen) atoms. The Balaban J connectivity index is 2.01. The lowest BCUT2D eigenvalue weighted by atomic mass is 9.98. The first-order valence-corrected chi connectivity index (χ1v) is 6.22. The molecule has 0 saturated carbocycles. The highest BCUT2D eigenvalue weighted by Crippen LogP contribution is 2.18. The number of likely N-dealkylation sites (tertiary alicyclic amines) is 1. The number of hydrogen-bond acceptors (Lipinski definition) is 3. The first-order valence-electron chi connectivity index (χ1n) is 6.22. The average Bonchev–Trinajstić information content (AvgIpc) is 2.47. The van der Waals surface area contributed by atoms with Crippen molar-refractivity contribution in [2.24, 2.45) is 11.7 Å². The van der Waals surface area contributed by atoms with Gasteiger partial charge in [0.15, 0.2) is 0 Å². The Labute approximate surface area is 107 Å². The lowest BCUT2D eigenvalue weighted by Gasteiger charge is -2.29. The van der Waals surface area contributed by atoms with Gasteiger partial charge in [0.25, 0.3) is 5.91 Å². The van der Waals surface area contributed by atoms with Gasteiger partial charge in [-0.3, -0.25) is 4.79 Å². The van der Waals surface area contributed by atoms with Crippen LogP contribution in [0, 0.1) is 17.2 Å². The van der Waals surface area contributed by atoms with Gasteiger partial charge in [-0.15, -0.1) is 0 Å². The van der Waals surface area contributed by atoms with Gasteiger partial charge >= 0.3 is 0 Å². The molecule has 4 nitrogen and oxygen atoms in total. The van der Waals surface area contributed by atoms with E-state index in [4.69, 9.17) is 11.0 Å². The zero-order chi connectivity index (χ0) is 13.0. The maximum atomic E-state index is 12.2. The fourth-order valence-corrected chi connectivity index (χ4v) is 2.18. The summed E-state index contributed by atoms with van der Waals surface area (Å²) < 4.78 is 0. The molecule has 0 unspecified atom stereocenters. The van der Waals surface area contributed by atoms with Crippen LogP contribution in [0.15, 0.2) is 24.3 Å². The zero-order valence-corrected chi connectivity index (χ0v) is 10.3. The zero-order valence-electron chi connectivity index (χ0n) is 10.3. The highest BCUT2D eigenvalue weighted by Gasteiger charge is 2.23. The van der Waals surface area contributed by atoms with Crippen LogP contribution in [0.25, 0.3) is 0 Å². The number of rotatable bonds is 2. The van der Waals surface area contributed by atoms with Crippen LogP contribution >= 0.6 is 0 Å². The van der Waals surface area contributed by atoms with Gasteiger partial charge in [-0.1, -0.05) is 12.1 Å². The van der Waals surface area contributed by atoms with Crippen LogP contribution in [-0.2, 0) is 6.54 Å². The van der Waals surface area contributed by atoms with Gasteiger partial charge in [0.05, 0.1) is 6.07 Å². The average molecular weight is 243 g/mol. The van der Waals surface area contributed by atoms with Crippen molar-refractivity contribution in [2.75, 3.05) is 13.1 Å². The highest BCUT2D eigenvalue weighted by atomic mass is 16.2. The van der Waals surface area contributed by atoms with Gasteiger partial charge in [0, 0.05) is 31.1 Å². The molecule has 0 atom stereocenters. The summed E-state index contributed by atoms with van der Waals surface area (Å²) in [5, 5.41) is 8.83. The van der Waals surface area contributed by atoms with E-state index in [2.05, 4.69) is 6.07 Å². The van der Waals surface area contributed by atoms with E-state index in [1.807, 2.05) is 29.2 Å². The fraction of sp³-hybridized carbons (Fsp3) is 0.429. The first kappa shape index (κ1) is 12.6. The van der Waals surface area contributed by atoms with Gasteiger partial charge < -0.3 is 10.6 Å². The van der Waals surface area contributed by atoms with Crippen LogP contribution in [0.3, 0.4) is 0 Å². The minimum atomic E-state index is 0.0509. The lowest BCUT2D eigenvalue weighted by molar-refractivity contribution is 0.0707. The van der Waals surface area contributed by atoms with Crippen LogP contribution in [0.1, 0.15) is 28.8 Å². The van der Waals surface area contributed by atoms with Crippen molar-refractivity contribution >= 4 is 5.91 Å². The quantitative estimate of drug-likeness (QED) is 0.856. The van der Waals surface area contributed by atoms with E-state index in [0.717, 1.165) is 18.4 Å². The summed E-state index contributed by atoms with van der Waals surface area (Å²) in [4.78, 5) is 14.0. The van der Waals surface area contributed by atoms with Gasteiger partial charge in [0.2, 0.25) is 0 Å². The second-order valence-electron chi connectivity index (χ2n) is 4.60. The molecule has 0 aliphatic carbocycles. The summed E-state index contributed by atoms with van der Waals surface area (Å²) in [6.07, 6.45) is 1.56. The standard InChI is InChI=1S/C14H17N3O/c15-9-11-1-3-13(4-2-11)14(18)17-7-5-12(10-16)6-8-17/h1-4,12H,5-9,15H2. The Morgan fingerprint density at radius 3 is 2.44 bits per heavy atom. The molecule has 1 aromatic carbocycles. The molecule has 2 N–H and O–H groups in total. The molecule has 1 saturated heterocycles. The van der Waals surface area contributed by atoms with Gasteiger partial charge in [0.1, 0.15) is 0 Å². The smallest absolute Gasteiger partial charge is 0.253 e. The largest absolute Gasteiger partial charge is 0.339 e. The summed E-state index contributed by atoms with van der Waals surface area (Å²) in [7, 11) is 0. The van der Waals surface area contributed by atoms with Crippen LogP contribution in [0.2, 0.25) is 0 Å². The number of nitrogens with two attached hydrogens (primary N) is 1. The van der Waals surface area contributed by atoms with Crippen molar-refractivity contribution in [3.8, 4) is 6.07 Å². The number of nitrogens with zero attached hydrogens (tertiary/aromatic N) is 2. The monoisotopic (exact) mass is 243 g/mol. The maximum Gasteiger partial charge on any atom is 0.253 e. The van der Waals surface area contributed by atoms with Gasteiger partial charge in [-0.05, 0) is 30.5 Å². The molecule has 1 fully saturated rings. The number of carbonyl (C=O) groups excluding carboxylic acids is 1. The molecule has 1 amide bonds. The Bertz CT molecular complexity index is 453. The molecule has 4 heteroatoms. The number of carbonyl (C=O) groups is 1. The molecule has 0 spiro atoms. The van der Waals surface area contributed by atoms with Crippen molar-refractivity contribution in [3.63, 3.8) is 0 Å². The van der Waals surface area contributed by atoms with Gasteiger partial charge in [-0.2, -0.15) is 5.26 Å². The first-order chi connectivity index (χ1) is 8.74. The number of hydrogen-bond donors (Lipinski definition) is 1. The highest BCUT2D eigenvalue weighted by molar-refractivity contribution is 5.94. The summed E-state index contributed by atoms with van der Waals surface area (Å²) >= 11 is 0. The Morgan fingerprint density at radius 2 is 1.94 bits per heavy atom. The van der Waals surface area contributed by atoms with Crippen molar-refractivity contribution < 1.29 is 4.79 Å². The number of piperidine rings is 1. The van der Waals surface area contributed by atoms with E-state index in [1.54, 1.807) is 0 Å². The third kappa shape index (κ3) is 2.69. The second kappa shape index (κ2) is 5.65. The molecule has 1 aliphatic rings. The van der Waals surface area contributed by atoms with Crippen LogP contribution in [0.4, 0.5) is 0 Å². The van der Waals surface area contributed by atoms with Crippen molar-refractivity contribution in [1.29, 1.82) is 5.26 Å². The predicted molar refractivity (Wildman–Crippen MR) is 68.6 cm³/mol. The van der Waals surface area contributed by atoms with E-state index < -0.39 is 0 Å². The fourth-order valence-electron chi connectivity index (χ4n) is 2.18. The SMILES string of the molecule is N#CC1CCN(C(=O)c2ccc(CN)cc2)CC1. The lowest BCUT2D eigenvalue weighted by Crippen LogP contribution is -2.38. The van der Waals surface area contributed by atoms with Crippen LogP contribution in [-0.4, -0.2) is 23.9 Å². The minimum absolute atomic E-state index is 0.0509. The van der Waals surface area contributed by atoms with Crippen LogP contribution < -0.4 is 5.73 Å². The van der Waals surface area contributed by atoms with Crippen molar-refractivity contribution in [3.05, 3.63) is 35.4 Å². The number of amides is 1. The summed E-state index contributed by atoms with van der Waals surface area (Å²) in [6.45, 7) is 1.84. The molecule has 1 aromatic rings. The van der Waals surface area contributed by atoms with Crippen LogP contribution in [0.5, 0.6) is 0 Å². The molecule has 2 rings (SSSR count). The molecule has 0 bridgehead atoms. The normalized spacial score (nSPS) is 16.3. The summed E-state index contributed by atoms with van der Waals surface area (Å²) in [5.74, 6) is 0.156.